The van der Waals surface area contributed by atoms with Gasteiger partial charge in [-0.2, -0.15) is 0 Å². The summed E-state index contributed by atoms with van der Waals surface area (Å²) in [5.74, 6) is 0.0833. The molecule has 168 valence electrons. The number of carbonyl (C=O) groups is 3. The molecule has 3 rings (SSSR count). The van der Waals surface area contributed by atoms with Crippen molar-refractivity contribution in [2.75, 3.05) is 19.0 Å². The van der Waals surface area contributed by atoms with Crippen LogP contribution >= 0.6 is 11.8 Å². The van der Waals surface area contributed by atoms with Gasteiger partial charge in [-0.05, 0) is 56.3 Å². The summed E-state index contributed by atoms with van der Waals surface area (Å²) in [6.45, 7) is 5.54. The van der Waals surface area contributed by atoms with Crippen LogP contribution in [0.1, 0.15) is 31.4 Å². The van der Waals surface area contributed by atoms with E-state index >= 15 is 0 Å². The third-order valence-electron chi connectivity index (χ3n) is 4.92. The van der Waals surface area contributed by atoms with E-state index in [2.05, 4.69) is 5.32 Å². The van der Waals surface area contributed by atoms with Gasteiger partial charge >= 0.3 is 0 Å². The number of carbonyl (C=O) groups excluding carboxylic acids is 3. The van der Waals surface area contributed by atoms with Crippen molar-refractivity contribution in [1.29, 1.82) is 0 Å². The van der Waals surface area contributed by atoms with Gasteiger partial charge in [0, 0.05) is 11.3 Å². The van der Waals surface area contributed by atoms with Crippen LogP contribution in [0.25, 0.3) is 6.08 Å². The molecule has 32 heavy (non-hydrogen) atoms. The third-order valence-corrected chi connectivity index (χ3v) is 5.83. The minimum absolute atomic E-state index is 0.0565. The maximum absolute atomic E-state index is 12.9. The second kappa shape index (κ2) is 10.4. The molecule has 0 bridgehead atoms. The predicted molar refractivity (Wildman–Crippen MR) is 126 cm³/mol. The fourth-order valence-corrected chi connectivity index (χ4v) is 3.81. The summed E-state index contributed by atoms with van der Waals surface area (Å²) >= 11 is 0.796. The van der Waals surface area contributed by atoms with Gasteiger partial charge in [-0.1, -0.05) is 36.8 Å². The maximum Gasteiger partial charge on any atom is 0.294 e. The van der Waals surface area contributed by atoms with Crippen LogP contribution in [0, 0.1) is 6.92 Å². The first-order valence-electron chi connectivity index (χ1n) is 10.3. The van der Waals surface area contributed by atoms with Gasteiger partial charge in [0.1, 0.15) is 6.54 Å². The number of methoxy groups -OCH3 is 1. The van der Waals surface area contributed by atoms with Crippen LogP contribution in [-0.4, -0.2) is 41.7 Å². The number of ether oxygens (including phenoxy) is 2. The lowest BCUT2D eigenvalue weighted by molar-refractivity contribution is -0.127. The summed E-state index contributed by atoms with van der Waals surface area (Å²) in [6, 6.07) is 12.6. The van der Waals surface area contributed by atoms with E-state index in [1.54, 1.807) is 43.5 Å². The molecule has 1 aliphatic rings. The summed E-state index contributed by atoms with van der Waals surface area (Å²) in [5.41, 5.74) is 2.29. The SMILES string of the molecule is CCC(C)Oc1c(C=C2SC(=O)N(CC(=O)Nc3ccc(C)cc3)C2=O)cccc1OC. The Labute approximate surface area is 191 Å². The number of para-hydroxylation sites is 1. The number of hydrogen-bond acceptors (Lipinski definition) is 6. The maximum atomic E-state index is 12.9. The molecule has 0 aromatic heterocycles. The van der Waals surface area contributed by atoms with E-state index in [0.717, 1.165) is 28.6 Å². The quantitative estimate of drug-likeness (QED) is 0.574. The summed E-state index contributed by atoms with van der Waals surface area (Å²) in [6.07, 6.45) is 2.34. The fraction of sp³-hybridized carbons (Fsp3) is 0.292. The van der Waals surface area contributed by atoms with Crippen LogP contribution in [0.4, 0.5) is 10.5 Å². The van der Waals surface area contributed by atoms with Gasteiger partial charge in [0.25, 0.3) is 11.1 Å². The van der Waals surface area contributed by atoms with Crippen molar-refractivity contribution in [2.45, 2.75) is 33.3 Å². The Hall–Kier alpha value is -3.26. The topological polar surface area (TPSA) is 84.9 Å². The molecule has 1 N–H and O–H groups in total. The average molecular weight is 455 g/mol. The lowest BCUT2D eigenvalue weighted by Gasteiger charge is -2.17. The molecule has 0 saturated carbocycles. The normalized spacial score (nSPS) is 15.8. The second-order valence-corrected chi connectivity index (χ2v) is 8.39. The van der Waals surface area contributed by atoms with Crippen LogP contribution in [0.5, 0.6) is 11.5 Å². The molecule has 1 atom stereocenters. The molecular weight excluding hydrogens is 428 g/mol. The van der Waals surface area contributed by atoms with Crippen LogP contribution in [-0.2, 0) is 9.59 Å². The molecule has 0 radical (unpaired) electrons. The highest BCUT2D eigenvalue weighted by molar-refractivity contribution is 8.18. The van der Waals surface area contributed by atoms with Crippen LogP contribution < -0.4 is 14.8 Å². The van der Waals surface area contributed by atoms with Crippen molar-refractivity contribution in [3.05, 3.63) is 58.5 Å². The van der Waals surface area contributed by atoms with Crippen molar-refractivity contribution in [2.24, 2.45) is 0 Å². The average Bonchev–Trinajstić information content (AvgIpc) is 3.03. The second-order valence-electron chi connectivity index (χ2n) is 7.40. The molecule has 2 aromatic rings. The minimum atomic E-state index is -0.517. The number of anilines is 1. The van der Waals surface area contributed by atoms with Crippen molar-refractivity contribution < 1.29 is 23.9 Å². The largest absolute Gasteiger partial charge is 0.493 e. The molecule has 1 aliphatic heterocycles. The van der Waals surface area contributed by atoms with Gasteiger partial charge in [-0.25, -0.2) is 0 Å². The standard InChI is InChI=1S/C24H26N2O5S/c1-5-16(3)31-22-17(7-6-8-19(22)30-4)13-20-23(28)26(24(29)32-20)14-21(27)25-18-11-9-15(2)10-12-18/h6-13,16H,5,14H2,1-4H3,(H,25,27). The number of rotatable bonds is 8. The summed E-state index contributed by atoms with van der Waals surface area (Å²) in [7, 11) is 1.54. The third kappa shape index (κ3) is 5.50. The Bertz CT molecular complexity index is 1050. The highest BCUT2D eigenvalue weighted by atomic mass is 32.2. The van der Waals surface area contributed by atoms with Crippen LogP contribution in [0.3, 0.4) is 0 Å². The smallest absolute Gasteiger partial charge is 0.294 e. The first kappa shape index (κ1) is 23.4. The van der Waals surface area contributed by atoms with E-state index in [9.17, 15) is 14.4 Å². The van der Waals surface area contributed by atoms with E-state index in [-0.39, 0.29) is 17.6 Å². The van der Waals surface area contributed by atoms with Crippen molar-refractivity contribution in [3.63, 3.8) is 0 Å². The van der Waals surface area contributed by atoms with E-state index in [4.69, 9.17) is 9.47 Å². The molecular formula is C24H26N2O5S. The number of thioether (sulfide) groups is 1. The van der Waals surface area contributed by atoms with Crippen molar-refractivity contribution >= 4 is 40.6 Å². The Morgan fingerprint density at radius 2 is 1.91 bits per heavy atom. The van der Waals surface area contributed by atoms with Gasteiger partial charge in [-0.3, -0.25) is 19.3 Å². The zero-order valence-electron chi connectivity index (χ0n) is 18.5. The lowest BCUT2D eigenvalue weighted by Crippen LogP contribution is -2.36. The molecule has 1 unspecified atom stereocenters. The van der Waals surface area contributed by atoms with Crippen molar-refractivity contribution in [1.82, 2.24) is 4.90 Å². The fourth-order valence-electron chi connectivity index (χ4n) is 2.98. The predicted octanol–water partition coefficient (Wildman–Crippen LogP) is 4.86. The van der Waals surface area contributed by atoms with E-state index in [1.807, 2.05) is 32.9 Å². The molecule has 1 fully saturated rings. The highest BCUT2D eigenvalue weighted by Gasteiger charge is 2.36. The summed E-state index contributed by atoms with van der Waals surface area (Å²) in [4.78, 5) is 38.8. The summed E-state index contributed by atoms with van der Waals surface area (Å²) < 4.78 is 11.4. The Morgan fingerprint density at radius 1 is 1.19 bits per heavy atom. The van der Waals surface area contributed by atoms with Gasteiger partial charge in [0.2, 0.25) is 5.91 Å². The van der Waals surface area contributed by atoms with Gasteiger partial charge in [0.05, 0.1) is 18.1 Å². The molecule has 3 amide bonds. The zero-order chi connectivity index (χ0) is 23.3. The number of nitrogens with one attached hydrogen (secondary N) is 1. The van der Waals surface area contributed by atoms with Crippen LogP contribution in [0.15, 0.2) is 47.4 Å². The number of hydrogen-bond donors (Lipinski definition) is 1. The molecule has 1 heterocycles. The van der Waals surface area contributed by atoms with E-state index in [1.165, 1.54) is 0 Å². The molecule has 2 aromatic carbocycles. The minimum Gasteiger partial charge on any atom is -0.493 e. The Balaban J connectivity index is 1.78. The number of benzene rings is 2. The summed E-state index contributed by atoms with van der Waals surface area (Å²) in [5, 5.41) is 2.21. The first-order chi connectivity index (χ1) is 15.3. The zero-order valence-corrected chi connectivity index (χ0v) is 19.3. The van der Waals surface area contributed by atoms with Crippen molar-refractivity contribution in [3.8, 4) is 11.5 Å². The van der Waals surface area contributed by atoms with Gasteiger partial charge in [-0.15, -0.1) is 0 Å². The van der Waals surface area contributed by atoms with E-state index < -0.39 is 17.1 Å². The number of amides is 3. The first-order valence-corrected chi connectivity index (χ1v) is 11.1. The Morgan fingerprint density at radius 3 is 2.56 bits per heavy atom. The number of aryl methyl sites for hydroxylation is 1. The lowest BCUT2D eigenvalue weighted by atomic mass is 10.1. The van der Waals surface area contributed by atoms with Gasteiger partial charge in [0.15, 0.2) is 11.5 Å². The monoisotopic (exact) mass is 454 g/mol. The van der Waals surface area contributed by atoms with E-state index in [0.29, 0.717) is 22.7 Å². The Kier molecular flexibility index (Phi) is 7.58. The van der Waals surface area contributed by atoms with Gasteiger partial charge < -0.3 is 14.8 Å². The molecule has 7 nitrogen and oxygen atoms in total. The van der Waals surface area contributed by atoms with Crippen LogP contribution in [0.2, 0.25) is 0 Å². The highest BCUT2D eigenvalue weighted by Crippen LogP contribution is 2.38. The number of nitrogens with zero attached hydrogens (tertiary/aromatic N) is 1. The molecule has 0 spiro atoms. The molecule has 8 heteroatoms. The number of imide groups is 1. The molecule has 1 saturated heterocycles. The molecule has 0 aliphatic carbocycles.